The molecule has 1 fully saturated rings. The van der Waals surface area contributed by atoms with Crippen molar-refractivity contribution in [3.63, 3.8) is 0 Å². The van der Waals surface area contributed by atoms with Crippen molar-refractivity contribution in [2.24, 2.45) is 0 Å². The highest BCUT2D eigenvalue weighted by Crippen LogP contribution is 2.30. The van der Waals surface area contributed by atoms with Gasteiger partial charge in [-0.1, -0.05) is 30.2 Å². The first-order valence-corrected chi connectivity index (χ1v) is 12.1. The van der Waals surface area contributed by atoms with E-state index in [4.69, 9.17) is 0 Å². The SMILES string of the molecule is Cc1cc(C)c(NC(=O)[C@H]2CCCCN2S(=O)(=O)c2cccc3nsnc23)c(C)c1. The molecule has 2 aromatic carbocycles. The number of fused-ring (bicyclic) bond motifs is 1. The molecule has 30 heavy (non-hydrogen) atoms. The zero-order chi connectivity index (χ0) is 21.5. The van der Waals surface area contributed by atoms with Gasteiger partial charge >= 0.3 is 0 Å². The molecule has 0 radical (unpaired) electrons. The molecule has 0 unspecified atom stereocenters. The van der Waals surface area contributed by atoms with Crippen molar-refractivity contribution in [3.8, 4) is 0 Å². The number of benzene rings is 2. The summed E-state index contributed by atoms with van der Waals surface area (Å²) < 4.78 is 36.7. The fourth-order valence-corrected chi connectivity index (χ4v) is 6.57. The van der Waals surface area contributed by atoms with Crippen molar-refractivity contribution in [1.29, 1.82) is 0 Å². The number of carbonyl (C=O) groups excluding carboxylic acids is 1. The molecule has 158 valence electrons. The van der Waals surface area contributed by atoms with Gasteiger partial charge in [-0.15, -0.1) is 0 Å². The number of carbonyl (C=O) groups is 1. The Kier molecular flexibility index (Phi) is 5.61. The van der Waals surface area contributed by atoms with Crippen molar-refractivity contribution < 1.29 is 13.2 Å². The number of sulfonamides is 1. The number of anilines is 1. The van der Waals surface area contributed by atoms with Crippen LogP contribution in [0.3, 0.4) is 0 Å². The monoisotopic (exact) mass is 444 g/mol. The van der Waals surface area contributed by atoms with Crippen LogP contribution < -0.4 is 5.32 Å². The Labute approximate surface area is 180 Å². The Hall–Kier alpha value is -2.36. The number of nitrogens with one attached hydrogen (secondary N) is 1. The van der Waals surface area contributed by atoms with Gasteiger partial charge in [-0.3, -0.25) is 4.79 Å². The number of rotatable bonds is 4. The van der Waals surface area contributed by atoms with Crippen LogP contribution in [0.1, 0.15) is 36.0 Å². The first kappa shape index (κ1) is 20.9. The molecular weight excluding hydrogens is 420 g/mol. The zero-order valence-electron chi connectivity index (χ0n) is 17.2. The van der Waals surface area contributed by atoms with Gasteiger partial charge in [0.15, 0.2) is 0 Å². The van der Waals surface area contributed by atoms with E-state index in [-0.39, 0.29) is 10.8 Å². The Morgan fingerprint density at radius 1 is 1.13 bits per heavy atom. The molecular formula is C21H24N4O3S2. The van der Waals surface area contributed by atoms with E-state index in [0.717, 1.165) is 46.9 Å². The number of hydrogen-bond acceptors (Lipinski definition) is 6. The van der Waals surface area contributed by atoms with Gasteiger partial charge in [0, 0.05) is 12.2 Å². The van der Waals surface area contributed by atoms with Gasteiger partial charge in [0.05, 0.1) is 11.7 Å². The van der Waals surface area contributed by atoms with Gasteiger partial charge in [-0.2, -0.15) is 13.1 Å². The molecule has 3 aromatic rings. The first-order chi connectivity index (χ1) is 14.3. The minimum Gasteiger partial charge on any atom is -0.324 e. The fraction of sp³-hybridized carbons (Fsp3) is 0.381. The molecule has 0 spiro atoms. The number of amides is 1. The average molecular weight is 445 g/mol. The van der Waals surface area contributed by atoms with Crippen LogP contribution in [0, 0.1) is 20.8 Å². The second-order valence-electron chi connectivity index (χ2n) is 7.78. The predicted octanol–water partition coefficient (Wildman–Crippen LogP) is 3.80. The zero-order valence-corrected chi connectivity index (χ0v) is 18.8. The summed E-state index contributed by atoms with van der Waals surface area (Å²) in [5.41, 5.74) is 4.70. The van der Waals surface area contributed by atoms with E-state index in [9.17, 15) is 13.2 Å². The summed E-state index contributed by atoms with van der Waals surface area (Å²) in [4.78, 5) is 13.3. The van der Waals surface area contributed by atoms with E-state index in [1.165, 1.54) is 10.4 Å². The summed E-state index contributed by atoms with van der Waals surface area (Å²) in [5.74, 6) is -0.295. The molecule has 7 nitrogen and oxygen atoms in total. The Balaban J connectivity index is 1.68. The quantitative estimate of drug-likeness (QED) is 0.661. The third-order valence-electron chi connectivity index (χ3n) is 5.52. The Morgan fingerprint density at radius 3 is 2.60 bits per heavy atom. The fourth-order valence-electron chi connectivity index (χ4n) is 4.15. The molecule has 1 aliphatic rings. The number of aromatic nitrogens is 2. The number of hydrogen-bond donors (Lipinski definition) is 1. The van der Waals surface area contributed by atoms with Gasteiger partial charge in [-0.05, 0) is 56.9 Å². The summed E-state index contributed by atoms with van der Waals surface area (Å²) in [6, 6.07) is 8.19. The lowest BCUT2D eigenvalue weighted by Gasteiger charge is -2.34. The second kappa shape index (κ2) is 8.05. The topological polar surface area (TPSA) is 92.3 Å². The van der Waals surface area contributed by atoms with Crippen LogP contribution in [0.2, 0.25) is 0 Å². The highest BCUT2D eigenvalue weighted by Gasteiger charge is 2.39. The van der Waals surface area contributed by atoms with E-state index >= 15 is 0 Å². The third-order valence-corrected chi connectivity index (χ3v) is 8.00. The summed E-state index contributed by atoms with van der Waals surface area (Å²) >= 11 is 0.981. The standard InChI is InChI=1S/C21H24N4O3S2/c1-13-11-14(2)19(15(3)12-13)22-21(26)17-8-4-5-10-25(17)30(27,28)18-9-6-7-16-20(18)24-29-23-16/h6-7,9,11-12,17H,4-5,8,10H2,1-3H3,(H,22,26)/t17-/m1/s1. The maximum absolute atomic E-state index is 13.5. The molecule has 1 N–H and O–H groups in total. The molecule has 4 rings (SSSR count). The van der Waals surface area contributed by atoms with Crippen LogP contribution in [0.25, 0.3) is 11.0 Å². The van der Waals surface area contributed by atoms with Gasteiger partial charge in [-0.25, -0.2) is 8.42 Å². The van der Waals surface area contributed by atoms with Crippen LogP contribution in [0.15, 0.2) is 35.2 Å². The molecule has 1 saturated heterocycles. The third kappa shape index (κ3) is 3.73. The predicted molar refractivity (Wildman–Crippen MR) is 118 cm³/mol. The summed E-state index contributed by atoms with van der Waals surface area (Å²) in [5, 5.41) is 2.99. The number of aryl methyl sites for hydroxylation is 3. The van der Waals surface area contributed by atoms with Crippen LogP contribution in [-0.2, 0) is 14.8 Å². The van der Waals surface area contributed by atoms with Crippen molar-refractivity contribution in [2.45, 2.75) is 51.0 Å². The summed E-state index contributed by atoms with van der Waals surface area (Å²) in [6.45, 7) is 6.21. The summed E-state index contributed by atoms with van der Waals surface area (Å²) in [6.07, 6.45) is 2.01. The van der Waals surface area contributed by atoms with E-state index in [1.807, 2.05) is 32.9 Å². The maximum atomic E-state index is 13.5. The van der Waals surface area contributed by atoms with E-state index in [2.05, 4.69) is 14.1 Å². The lowest BCUT2D eigenvalue weighted by atomic mass is 10.0. The van der Waals surface area contributed by atoms with Crippen molar-refractivity contribution in [3.05, 3.63) is 47.0 Å². The van der Waals surface area contributed by atoms with Gasteiger partial charge in [0.1, 0.15) is 22.0 Å². The lowest BCUT2D eigenvalue weighted by molar-refractivity contribution is -0.120. The average Bonchev–Trinajstić information content (AvgIpc) is 3.19. The molecule has 9 heteroatoms. The van der Waals surface area contributed by atoms with Crippen molar-refractivity contribution in [2.75, 3.05) is 11.9 Å². The van der Waals surface area contributed by atoms with Crippen molar-refractivity contribution >= 4 is 44.4 Å². The van der Waals surface area contributed by atoms with Gasteiger partial charge < -0.3 is 5.32 Å². The molecule has 0 bridgehead atoms. The molecule has 1 aliphatic heterocycles. The van der Waals surface area contributed by atoms with Gasteiger partial charge in [0.2, 0.25) is 15.9 Å². The highest BCUT2D eigenvalue weighted by atomic mass is 32.2. The minimum absolute atomic E-state index is 0.108. The lowest BCUT2D eigenvalue weighted by Crippen LogP contribution is -2.50. The van der Waals surface area contributed by atoms with Gasteiger partial charge in [0.25, 0.3) is 0 Å². The molecule has 1 aromatic heterocycles. The molecule has 2 heterocycles. The Morgan fingerprint density at radius 2 is 1.87 bits per heavy atom. The Bertz CT molecular complexity index is 1200. The number of piperidine rings is 1. The van der Waals surface area contributed by atoms with Crippen molar-refractivity contribution in [1.82, 2.24) is 13.1 Å². The highest BCUT2D eigenvalue weighted by molar-refractivity contribution is 7.89. The molecule has 1 amide bonds. The normalized spacial score (nSPS) is 17.9. The second-order valence-corrected chi connectivity index (χ2v) is 10.2. The maximum Gasteiger partial charge on any atom is 0.246 e. The van der Waals surface area contributed by atoms with E-state index < -0.39 is 16.1 Å². The van der Waals surface area contributed by atoms with E-state index in [1.54, 1.807) is 12.1 Å². The van der Waals surface area contributed by atoms with Crippen LogP contribution >= 0.6 is 11.7 Å². The minimum atomic E-state index is -3.90. The largest absolute Gasteiger partial charge is 0.324 e. The van der Waals surface area contributed by atoms with Crippen LogP contribution in [0.4, 0.5) is 5.69 Å². The first-order valence-electron chi connectivity index (χ1n) is 9.91. The van der Waals surface area contributed by atoms with Crippen LogP contribution in [-0.4, -0.2) is 40.0 Å². The number of nitrogens with zero attached hydrogens (tertiary/aromatic N) is 3. The van der Waals surface area contributed by atoms with Crippen LogP contribution in [0.5, 0.6) is 0 Å². The molecule has 0 saturated carbocycles. The molecule has 0 aliphatic carbocycles. The molecule has 1 atom stereocenters. The van der Waals surface area contributed by atoms with E-state index in [0.29, 0.717) is 24.0 Å². The smallest absolute Gasteiger partial charge is 0.246 e. The summed E-state index contributed by atoms with van der Waals surface area (Å²) in [7, 11) is -3.90.